The average molecular weight is 461 g/mol. The Labute approximate surface area is 168 Å². The van der Waals surface area contributed by atoms with Crippen LogP contribution in [0.2, 0.25) is 0 Å². The molecule has 0 amide bonds. The van der Waals surface area contributed by atoms with Gasteiger partial charge in [-0.15, -0.1) is 11.3 Å². The largest absolute Gasteiger partial charge is 0.192 e. The number of hydrogen-bond donors (Lipinski definition) is 0. The number of thiophene rings is 1. The average Bonchev–Trinajstić information content (AvgIpc) is 3.08. The number of halogens is 1. The summed E-state index contributed by atoms with van der Waals surface area (Å²) in [5.74, 6) is 0. The van der Waals surface area contributed by atoms with E-state index in [2.05, 4.69) is 89.3 Å². The number of rotatable bonds is 1. The topological polar surface area (TPSA) is 23.8 Å². The van der Waals surface area contributed by atoms with Gasteiger partial charge < -0.3 is 0 Å². The van der Waals surface area contributed by atoms with Crippen molar-refractivity contribution in [3.8, 4) is 17.2 Å². The summed E-state index contributed by atoms with van der Waals surface area (Å²) < 4.78 is 3.91. The molecule has 3 heteroatoms. The van der Waals surface area contributed by atoms with Crippen LogP contribution in [0.1, 0.15) is 5.56 Å². The summed E-state index contributed by atoms with van der Waals surface area (Å²) in [6.45, 7) is 0. The zero-order valence-electron chi connectivity index (χ0n) is 13.7. The lowest BCUT2D eigenvalue weighted by Gasteiger charge is -2.12. The molecule has 0 aliphatic rings. The van der Waals surface area contributed by atoms with Gasteiger partial charge in [0.25, 0.3) is 0 Å². The molecule has 0 unspecified atom stereocenters. The molecule has 122 valence electrons. The van der Waals surface area contributed by atoms with E-state index in [0.717, 1.165) is 5.56 Å². The predicted molar refractivity (Wildman–Crippen MR) is 120 cm³/mol. The Morgan fingerprint density at radius 3 is 2.15 bits per heavy atom. The molecule has 1 aromatic heterocycles. The molecule has 5 rings (SSSR count). The highest BCUT2D eigenvalue weighted by atomic mass is 127. The fourth-order valence-corrected chi connectivity index (χ4v) is 5.88. The summed E-state index contributed by atoms with van der Waals surface area (Å²) in [6.07, 6.45) is 0. The van der Waals surface area contributed by atoms with Crippen LogP contribution in [0.25, 0.3) is 42.1 Å². The Hall–Kier alpha value is -2.42. The van der Waals surface area contributed by atoms with Gasteiger partial charge in [0.2, 0.25) is 0 Å². The SMILES string of the molecule is N#Cc1ccc(-c2c(I)c3ccccc3c3sc4ccccc4c23)cc1. The molecule has 0 fully saturated rings. The summed E-state index contributed by atoms with van der Waals surface area (Å²) in [6, 6.07) is 27.4. The van der Waals surface area contributed by atoms with E-state index < -0.39 is 0 Å². The lowest BCUT2D eigenvalue weighted by molar-refractivity contribution is 1.48. The van der Waals surface area contributed by atoms with Gasteiger partial charge in [-0.3, -0.25) is 0 Å². The Morgan fingerprint density at radius 1 is 0.769 bits per heavy atom. The van der Waals surface area contributed by atoms with Crippen LogP contribution >= 0.6 is 33.9 Å². The van der Waals surface area contributed by atoms with Crippen molar-refractivity contribution in [2.75, 3.05) is 0 Å². The lowest BCUT2D eigenvalue weighted by atomic mass is 9.95. The molecule has 26 heavy (non-hydrogen) atoms. The summed E-state index contributed by atoms with van der Waals surface area (Å²) in [4.78, 5) is 0. The van der Waals surface area contributed by atoms with Crippen molar-refractivity contribution in [3.05, 3.63) is 81.9 Å². The van der Waals surface area contributed by atoms with Crippen LogP contribution in [0.5, 0.6) is 0 Å². The van der Waals surface area contributed by atoms with E-state index in [4.69, 9.17) is 5.26 Å². The van der Waals surface area contributed by atoms with Crippen molar-refractivity contribution in [2.45, 2.75) is 0 Å². The normalized spacial score (nSPS) is 11.2. The van der Waals surface area contributed by atoms with Gasteiger partial charge in [0.1, 0.15) is 0 Å². The van der Waals surface area contributed by atoms with Crippen LogP contribution in [-0.2, 0) is 0 Å². The van der Waals surface area contributed by atoms with E-state index in [-0.39, 0.29) is 0 Å². The van der Waals surface area contributed by atoms with Crippen LogP contribution in [0.4, 0.5) is 0 Å². The monoisotopic (exact) mass is 461 g/mol. The van der Waals surface area contributed by atoms with Crippen molar-refractivity contribution in [1.82, 2.24) is 0 Å². The number of hydrogen-bond acceptors (Lipinski definition) is 2. The van der Waals surface area contributed by atoms with E-state index in [1.807, 2.05) is 23.5 Å². The molecule has 0 saturated carbocycles. The summed E-state index contributed by atoms with van der Waals surface area (Å²) >= 11 is 4.34. The first-order chi connectivity index (χ1) is 12.8. The Bertz CT molecular complexity index is 1340. The predicted octanol–water partition coefficient (Wildman–Crippen LogP) is 7.35. The van der Waals surface area contributed by atoms with Gasteiger partial charge in [-0.1, -0.05) is 54.6 Å². The van der Waals surface area contributed by atoms with Gasteiger partial charge in [0, 0.05) is 34.7 Å². The van der Waals surface area contributed by atoms with Crippen molar-refractivity contribution in [3.63, 3.8) is 0 Å². The second kappa shape index (κ2) is 6.08. The number of nitriles is 1. The van der Waals surface area contributed by atoms with Crippen LogP contribution in [-0.4, -0.2) is 0 Å². The number of nitrogens with zero attached hydrogens (tertiary/aromatic N) is 1. The van der Waals surface area contributed by atoms with Gasteiger partial charge in [-0.2, -0.15) is 5.26 Å². The van der Waals surface area contributed by atoms with Crippen LogP contribution in [0, 0.1) is 14.9 Å². The minimum absolute atomic E-state index is 0.691. The van der Waals surface area contributed by atoms with Crippen LogP contribution in [0.3, 0.4) is 0 Å². The first-order valence-electron chi connectivity index (χ1n) is 8.30. The molecule has 1 nitrogen and oxygen atoms in total. The van der Waals surface area contributed by atoms with Crippen LogP contribution < -0.4 is 0 Å². The third-order valence-corrected chi connectivity index (χ3v) is 7.10. The van der Waals surface area contributed by atoms with Crippen molar-refractivity contribution >= 4 is 64.9 Å². The van der Waals surface area contributed by atoms with E-state index in [1.54, 1.807) is 0 Å². The second-order valence-electron chi connectivity index (χ2n) is 6.23. The molecule has 0 spiro atoms. The van der Waals surface area contributed by atoms with Crippen LogP contribution in [0.15, 0.2) is 72.8 Å². The molecule has 0 radical (unpaired) electrons. The minimum atomic E-state index is 0.691. The maximum absolute atomic E-state index is 9.13. The third-order valence-electron chi connectivity index (χ3n) is 4.78. The first kappa shape index (κ1) is 15.8. The second-order valence-corrected chi connectivity index (χ2v) is 8.36. The maximum Gasteiger partial charge on any atom is 0.0991 e. The molecule has 0 bridgehead atoms. The quantitative estimate of drug-likeness (QED) is 0.240. The van der Waals surface area contributed by atoms with Crippen molar-refractivity contribution < 1.29 is 0 Å². The van der Waals surface area contributed by atoms with Gasteiger partial charge in [-0.25, -0.2) is 0 Å². The zero-order chi connectivity index (χ0) is 17.7. The minimum Gasteiger partial charge on any atom is -0.192 e. The lowest BCUT2D eigenvalue weighted by Crippen LogP contribution is -1.88. The Morgan fingerprint density at radius 2 is 1.42 bits per heavy atom. The molecule has 0 atom stereocenters. The summed E-state index contributed by atoms with van der Waals surface area (Å²) in [7, 11) is 0. The molecule has 5 aromatic rings. The highest BCUT2D eigenvalue weighted by Crippen LogP contribution is 2.46. The van der Waals surface area contributed by atoms with Gasteiger partial charge >= 0.3 is 0 Å². The molecular weight excluding hydrogens is 449 g/mol. The summed E-state index contributed by atoms with van der Waals surface area (Å²) in [5.41, 5.74) is 3.12. The third kappa shape index (κ3) is 2.26. The summed E-state index contributed by atoms with van der Waals surface area (Å²) in [5, 5.41) is 14.3. The molecule has 0 N–H and O–H groups in total. The fourth-order valence-electron chi connectivity index (χ4n) is 3.58. The highest BCUT2D eigenvalue weighted by molar-refractivity contribution is 14.1. The standard InChI is InChI=1S/C23H12INS/c24-22-16-5-1-2-6-17(16)23-21(18-7-3-4-8-19(18)26-23)20(22)15-11-9-14(13-25)10-12-15/h1-12H. The molecular formula is C23H12INS. The van der Waals surface area contributed by atoms with Gasteiger partial charge in [0.15, 0.2) is 0 Å². The molecule has 0 aliphatic heterocycles. The number of fused-ring (bicyclic) bond motifs is 5. The van der Waals surface area contributed by atoms with E-state index >= 15 is 0 Å². The number of benzene rings is 4. The maximum atomic E-state index is 9.13. The molecule has 0 saturated heterocycles. The molecule has 0 aliphatic carbocycles. The molecule has 1 heterocycles. The highest BCUT2D eigenvalue weighted by Gasteiger charge is 2.18. The Kier molecular flexibility index (Phi) is 3.70. The van der Waals surface area contributed by atoms with E-state index in [0.29, 0.717) is 5.56 Å². The van der Waals surface area contributed by atoms with Gasteiger partial charge in [-0.05, 0) is 51.7 Å². The van der Waals surface area contributed by atoms with Crippen molar-refractivity contribution in [1.29, 1.82) is 5.26 Å². The Balaban J connectivity index is 2.02. The van der Waals surface area contributed by atoms with E-state index in [9.17, 15) is 0 Å². The molecule has 4 aromatic carbocycles. The van der Waals surface area contributed by atoms with Crippen molar-refractivity contribution in [2.24, 2.45) is 0 Å². The van der Waals surface area contributed by atoms with E-state index in [1.165, 1.54) is 40.1 Å². The van der Waals surface area contributed by atoms with Gasteiger partial charge in [0.05, 0.1) is 11.6 Å². The zero-order valence-corrected chi connectivity index (χ0v) is 16.6. The fraction of sp³-hybridized carbons (Fsp3) is 0. The first-order valence-corrected chi connectivity index (χ1v) is 10.2. The smallest absolute Gasteiger partial charge is 0.0991 e.